The molecule has 8 nitrogen and oxygen atoms in total. The predicted octanol–water partition coefficient (Wildman–Crippen LogP) is 5.73. The Bertz CT molecular complexity index is 1700. The smallest absolute Gasteiger partial charge is 0.416 e. The third-order valence-corrected chi connectivity index (χ3v) is 8.50. The summed E-state index contributed by atoms with van der Waals surface area (Å²) in [6, 6.07) is 17.5. The summed E-state index contributed by atoms with van der Waals surface area (Å²) >= 11 is 0. The Kier molecular flexibility index (Phi) is 9.74. The highest BCUT2D eigenvalue weighted by molar-refractivity contribution is 6.00. The van der Waals surface area contributed by atoms with Crippen LogP contribution in [0.4, 0.5) is 18.9 Å². The number of hydrogen-bond acceptors (Lipinski definition) is 5. The van der Waals surface area contributed by atoms with Crippen LogP contribution in [0, 0.1) is 5.92 Å². The first-order valence-electron chi connectivity index (χ1n) is 15.2. The number of alkyl halides is 3. The molecule has 5 rings (SSSR count). The van der Waals surface area contributed by atoms with Gasteiger partial charge in [0.2, 0.25) is 5.91 Å². The van der Waals surface area contributed by atoms with Crippen LogP contribution in [0.2, 0.25) is 0 Å². The van der Waals surface area contributed by atoms with Gasteiger partial charge in [-0.1, -0.05) is 37.3 Å². The molecule has 0 saturated heterocycles. The topological polar surface area (TPSA) is 87.0 Å². The molecule has 0 fully saturated rings. The lowest BCUT2D eigenvalue weighted by Gasteiger charge is -2.38. The Balaban J connectivity index is 1.35. The summed E-state index contributed by atoms with van der Waals surface area (Å²) in [6.45, 7) is 4.66. The standard InChI is InChI=1S/C35H39F3N4O4/c1-22-17-42(23(2)21-43)34(45)29-16-27(39-33(44)15-25-19-41(4)30-8-6-5-7-28(25)30)13-14-31(29)46-32(22)20-40(3)18-24-9-11-26(12-10-24)35(36,37)38/h5-14,16,19,22-23,32,43H,15,17-18,20-21H2,1-4H3,(H,39,44)/t22-,23+,32-/m1/s1. The molecule has 0 saturated carbocycles. The van der Waals surface area contributed by atoms with Crippen LogP contribution in [0.1, 0.15) is 40.9 Å². The molecular formula is C35H39F3N4O4. The van der Waals surface area contributed by atoms with E-state index in [-0.39, 0.29) is 42.4 Å². The molecule has 244 valence electrons. The lowest BCUT2D eigenvalue weighted by atomic mass is 9.99. The number of ether oxygens (including phenoxy) is 1. The van der Waals surface area contributed by atoms with Crippen molar-refractivity contribution in [2.24, 2.45) is 13.0 Å². The Morgan fingerprint density at radius 1 is 1.13 bits per heavy atom. The normalized spacial score (nSPS) is 17.8. The molecule has 0 unspecified atom stereocenters. The lowest BCUT2D eigenvalue weighted by Crippen LogP contribution is -2.49. The van der Waals surface area contributed by atoms with Gasteiger partial charge in [-0.05, 0) is 61.5 Å². The van der Waals surface area contributed by atoms with Crippen LogP contribution >= 0.6 is 0 Å². The molecule has 0 radical (unpaired) electrons. The largest absolute Gasteiger partial charge is 0.488 e. The molecule has 0 bridgehead atoms. The number of likely N-dealkylation sites (N-methyl/N-ethyl adjacent to an activating group) is 1. The van der Waals surface area contributed by atoms with E-state index in [2.05, 4.69) is 5.32 Å². The van der Waals surface area contributed by atoms with E-state index in [0.29, 0.717) is 31.1 Å². The third kappa shape index (κ3) is 7.37. The third-order valence-electron chi connectivity index (χ3n) is 8.50. The first-order chi connectivity index (χ1) is 21.8. The second kappa shape index (κ2) is 13.6. The summed E-state index contributed by atoms with van der Waals surface area (Å²) < 4.78 is 47.4. The summed E-state index contributed by atoms with van der Waals surface area (Å²) in [5.74, 6) is -0.328. The van der Waals surface area contributed by atoms with E-state index in [0.717, 1.165) is 34.2 Å². The highest BCUT2D eigenvalue weighted by Gasteiger charge is 2.34. The van der Waals surface area contributed by atoms with Crippen molar-refractivity contribution in [2.75, 3.05) is 32.1 Å². The van der Waals surface area contributed by atoms with Gasteiger partial charge in [0.1, 0.15) is 11.9 Å². The van der Waals surface area contributed by atoms with Crippen molar-refractivity contribution in [2.45, 2.75) is 45.1 Å². The number of rotatable bonds is 9. The Hall–Kier alpha value is -4.35. The number of para-hydroxylation sites is 1. The van der Waals surface area contributed by atoms with Gasteiger partial charge in [-0.3, -0.25) is 14.5 Å². The number of hydrogen-bond donors (Lipinski definition) is 2. The Labute approximate surface area is 266 Å². The highest BCUT2D eigenvalue weighted by Crippen LogP contribution is 2.32. The summed E-state index contributed by atoms with van der Waals surface area (Å²) in [6.07, 6.45) is -2.69. The van der Waals surface area contributed by atoms with Crippen LogP contribution in [0.5, 0.6) is 5.75 Å². The Morgan fingerprint density at radius 2 is 1.85 bits per heavy atom. The van der Waals surface area contributed by atoms with Crippen molar-refractivity contribution < 1.29 is 32.6 Å². The average molecular weight is 637 g/mol. The number of aliphatic hydroxyl groups is 1. The van der Waals surface area contributed by atoms with E-state index >= 15 is 0 Å². The van der Waals surface area contributed by atoms with Gasteiger partial charge < -0.3 is 24.6 Å². The zero-order valence-corrected chi connectivity index (χ0v) is 26.3. The molecule has 1 aromatic heterocycles. The maximum absolute atomic E-state index is 13.8. The van der Waals surface area contributed by atoms with Crippen LogP contribution in [0.15, 0.2) is 72.9 Å². The molecule has 0 spiro atoms. The minimum absolute atomic E-state index is 0.138. The van der Waals surface area contributed by atoms with Gasteiger partial charge in [-0.2, -0.15) is 13.2 Å². The number of carbonyl (C=O) groups is 2. The lowest BCUT2D eigenvalue weighted by molar-refractivity contribution is -0.137. The predicted molar refractivity (Wildman–Crippen MR) is 171 cm³/mol. The maximum atomic E-state index is 13.8. The molecule has 11 heteroatoms. The summed E-state index contributed by atoms with van der Waals surface area (Å²) in [4.78, 5) is 30.5. The van der Waals surface area contributed by atoms with E-state index in [9.17, 15) is 27.9 Å². The van der Waals surface area contributed by atoms with Crippen LogP contribution in [-0.4, -0.2) is 70.2 Å². The second-order valence-corrected chi connectivity index (χ2v) is 12.2. The molecule has 1 aliphatic rings. The van der Waals surface area contributed by atoms with Crippen LogP contribution in [0.3, 0.4) is 0 Å². The van der Waals surface area contributed by atoms with Gasteiger partial charge in [0.05, 0.1) is 30.2 Å². The molecule has 2 N–H and O–H groups in total. The molecular weight excluding hydrogens is 597 g/mol. The molecule has 46 heavy (non-hydrogen) atoms. The monoisotopic (exact) mass is 636 g/mol. The van der Waals surface area contributed by atoms with Crippen molar-refractivity contribution in [3.8, 4) is 5.75 Å². The number of fused-ring (bicyclic) bond motifs is 2. The zero-order chi connectivity index (χ0) is 33.2. The van der Waals surface area contributed by atoms with Gasteiger partial charge in [0.15, 0.2) is 0 Å². The Morgan fingerprint density at radius 3 is 2.54 bits per heavy atom. The quantitative estimate of drug-likeness (QED) is 0.245. The fourth-order valence-electron chi connectivity index (χ4n) is 5.95. The highest BCUT2D eigenvalue weighted by atomic mass is 19.4. The van der Waals surface area contributed by atoms with Crippen LogP contribution in [0.25, 0.3) is 10.9 Å². The molecule has 1 aliphatic heterocycles. The van der Waals surface area contributed by atoms with Crippen molar-refractivity contribution in [1.29, 1.82) is 0 Å². The number of nitrogens with one attached hydrogen (secondary N) is 1. The van der Waals surface area contributed by atoms with Gasteiger partial charge in [0, 0.05) is 55.4 Å². The minimum Gasteiger partial charge on any atom is -0.488 e. The zero-order valence-electron chi connectivity index (χ0n) is 26.3. The van der Waals surface area contributed by atoms with Crippen molar-refractivity contribution >= 4 is 28.4 Å². The molecule has 0 aliphatic carbocycles. The van der Waals surface area contributed by atoms with E-state index in [1.165, 1.54) is 12.1 Å². The van der Waals surface area contributed by atoms with Crippen molar-refractivity contribution in [3.63, 3.8) is 0 Å². The van der Waals surface area contributed by atoms with Crippen LogP contribution < -0.4 is 10.1 Å². The number of amides is 2. The first kappa shape index (κ1) is 33.0. The van der Waals surface area contributed by atoms with E-state index in [4.69, 9.17) is 4.74 Å². The molecule has 3 atom stereocenters. The minimum atomic E-state index is -4.39. The number of nitrogens with zero attached hydrogens (tertiary/aromatic N) is 3. The van der Waals surface area contributed by atoms with Crippen molar-refractivity contribution in [3.05, 3.63) is 95.2 Å². The molecule has 3 aromatic carbocycles. The molecule has 2 heterocycles. The maximum Gasteiger partial charge on any atom is 0.416 e. The van der Waals surface area contributed by atoms with Crippen molar-refractivity contribution in [1.82, 2.24) is 14.4 Å². The van der Waals surface area contributed by atoms with Gasteiger partial charge in [-0.25, -0.2) is 0 Å². The van der Waals surface area contributed by atoms with E-state index in [1.807, 2.05) is 60.9 Å². The van der Waals surface area contributed by atoms with Gasteiger partial charge >= 0.3 is 6.18 Å². The van der Waals surface area contributed by atoms with Crippen LogP contribution in [-0.2, 0) is 31.0 Å². The van der Waals surface area contributed by atoms with Gasteiger partial charge in [-0.15, -0.1) is 0 Å². The second-order valence-electron chi connectivity index (χ2n) is 12.2. The fraction of sp³-hybridized carbons (Fsp3) is 0.371. The van der Waals surface area contributed by atoms with E-state index in [1.54, 1.807) is 30.0 Å². The fourth-order valence-corrected chi connectivity index (χ4v) is 5.95. The molecule has 2 amide bonds. The van der Waals surface area contributed by atoms with E-state index < -0.39 is 17.8 Å². The number of anilines is 1. The molecule has 4 aromatic rings. The number of benzene rings is 3. The number of aryl methyl sites for hydroxylation is 1. The average Bonchev–Trinajstić information content (AvgIpc) is 3.33. The number of aliphatic hydroxyl groups excluding tert-OH is 1. The SMILES string of the molecule is C[C@@H]1CN([C@@H](C)CO)C(=O)c2cc(NC(=O)Cc3cn(C)c4ccccc34)ccc2O[C@@H]1CN(C)Cc1ccc(C(F)(F)F)cc1. The van der Waals surface area contributed by atoms with Gasteiger partial charge in [0.25, 0.3) is 5.91 Å². The summed E-state index contributed by atoms with van der Waals surface area (Å²) in [7, 11) is 3.80. The number of halogens is 3. The summed E-state index contributed by atoms with van der Waals surface area (Å²) in [5, 5.41) is 13.9. The summed E-state index contributed by atoms with van der Waals surface area (Å²) in [5.41, 5.74) is 2.67. The number of aromatic nitrogens is 1. The number of carbonyl (C=O) groups excluding carboxylic acids is 2. The first-order valence-corrected chi connectivity index (χ1v) is 15.2.